The largest absolute Gasteiger partial charge is 0.394 e. The number of amides is 1. The number of aliphatic hydroxyl groups is 6. The second kappa shape index (κ2) is 14.3. The molecule has 1 rings (SSSR count). The van der Waals surface area contributed by atoms with Gasteiger partial charge in [0.1, 0.15) is 24.4 Å². The molecular weight excluding hydrogens is 394 g/mol. The van der Waals surface area contributed by atoms with Crippen LogP contribution in [0.15, 0.2) is 0 Å². The molecule has 8 unspecified atom stereocenters. The maximum Gasteiger partial charge on any atom is 0.220 e. The van der Waals surface area contributed by atoms with Crippen LogP contribution in [0, 0.1) is 0 Å². The highest BCUT2D eigenvalue weighted by atomic mass is 16.5. The van der Waals surface area contributed by atoms with Crippen LogP contribution in [-0.4, -0.2) is 91.9 Å². The smallest absolute Gasteiger partial charge is 0.220 e. The summed E-state index contributed by atoms with van der Waals surface area (Å²) in [5.41, 5.74) is 0. The van der Waals surface area contributed by atoms with Crippen molar-refractivity contribution in [3.63, 3.8) is 0 Å². The van der Waals surface area contributed by atoms with Crippen LogP contribution >= 0.6 is 0 Å². The van der Waals surface area contributed by atoms with Gasteiger partial charge in [-0.3, -0.25) is 4.79 Å². The molecule has 1 saturated heterocycles. The molecule has 1 amide bonds. The molecule has 1 heterocycles. The van der Waals surface area contributed by atoms with Gasteiger partial charge in [-0.25, -0.2) is 0 Å². The summed E-state index contributed by atoms with van der Waals surface area (Å²) in [6.45, 7) is 3.43. The Labute approximate surface area is 179 Å². The third-order valence-electron chi connectivity index (χ3n) is 5.73. The van der Waals surface area contributed by atoms with Crippen LogP contribution in [0.2, 0.25) is 0 Å². The topological polar surface area (TPSA) is 160 Å². The maximum atomic E-state index is 12.0. The van der Waals surface area contributed by atoms with Gasteiger partial charge >= 0.3 is 0 Å². The Hall–Kier alpha value is -0.810. The lowest BCUT2D eigenvalue weighted by Crippen LogP contribution is -2.58. The summed E-state index contributed by atoms with van der Waals surface area (Å²) in [4.78, 5) is 12.0. The summed E-state index contributed by atoms with van der Waals surface area (Å²) in [7, 11) is 0. The Balaban J connectivity index is 2.58. The quantitative estimate of drug-likeness (QED) is 0.181. The molecule has 9 heteroatoms. The van der Waals surface area contributed by atoms with Gasteiger partial charge in [-0.2, -0.15) is 0 Å². The molecule has 1 aliphatic rings. The molecule has 30 heavy (non-hydrogen) atoms. The Bertz CT molecular complexity index is 478. The molecule has 0 bridgehead atoms. The fourth-order valence-electron chi connectivity index (χ4n) is 3.81. The van der Waals surface area contributed by atoms with E-state index in [1.165, 1.54) is 0 Å². The minimum Gasteiger partial charge on any atom is -0.394 e. The molecule has 0 spiro atoms. The fraction of sp³-hybridized carbons (Fsp3) is 0.952. The van der Waals surface area contributed by atoms with Gasteiger partial charge in [-0.1, -0.05) is 39.5 Å². The molecule has 7 N–H and O–H groups in total. The van der Waals surface area contributed by atoms with Gasteiger partial charge in [0.05, 0.1) is 31.0 Å². The summed E-state index contributed by atoms with van der Waals surface area (Å²) >= 11 is 0. The molecule has 1 fully saturated rings. The van der Waals surface area contributed by atoms with Crippen molar-refractivity contribution in [1.29, 1.82) is 0 Å². The minimum absolute atomic E-state index is 0.168. The molecular formula is C21H41NO8. The Morgan fingerprint density at radius 2 is 1.60 bits per heavy atom. The number of aliphatic hydroxyl groups excluding tert-OH is 6. The predicted octanol–water partition coefficient (Wildman–Crippen LogP) is -0.414. The standard InChI is InChI=1S/C21H41NO8/c1-3-5-10-14(24)18(26)13(22-17(25)8-4-2)9-6-7-11-15-19(27)21(29)20(28)16(12-23)30-15/h13-16,18-21,23-24,26-29H,3-12H2,1-2H3,(H,22,25). The molecule has 0 radical (unpaired) electrons. The van der Waals surface area contributed by atoms with E-state index in [0.29, 0.717) is 44.9 Å². The van der Waals surface area contributed by atoms with Crippen molar-refractivity contribution in [2.75, 3.05) is 6.61 Å². The Kier molecular flexibility index (Phi) is 13.0. The zero-order valence-electron chi connectivity index (χ0n) is 18.2. The molecule has 0 saturated carbocycles. The summed E-state index contributed by atoms with van der Waals surface area (Å²) in [5, 5.41) is 62.6. The highest BCUT2D eigenvalue weighted by Crippen LogP contribution is 2.25. The average molecular weight is 436 g/mol. The maximum absolute atomic E-state index is 12.0. The van der Waals surface area contributed by atoms with Crippen molar-refractivity contribution in [3.8, 4) is 0 Å². The fourth-order valence-corrected chi connectivity index (χ4v) is 3.81. The molecule has 8 atom stereocenters. The molecule has 9 nitrogen and oxygen atoms in total. The summed E-state index contributed by atoms with van der Waals surface area (Å²) in [6, 6.07) is -0.578. The van der Waals surface area contributed by atoms with Crippen molar-refractivity contribution < 1.29 is 40.2 Å². The minimum atomic E-state index is -1.39. The van der Waals surface area contributed by atoms with Crippen molar-refractivity contribution >= 4 is 5.91 Å². The van der Waals surface area contributed by atoms with Crippen LogP contribution < -0.4 is 5.32 Å². The van der Waals surface area contributed by atoms with E-state index in [9.17, 15) is 35.4 Å². The first-order chi connectivity index (χ1) is 14.3. The van der Waals surface area contributed by atoms with Gasteiger partial charge in [0.15, 0.2) is 0 Å². The number of ether oxygens (including phenoxy) is 1. The van der Waals surface area contributed by atoms with Gasteiger partial charge in [-0.05, 0) is 25.7 Å². The second-order valence-corrected chi connectivity index (χ2v) is 8.28. The third kappa shape index (κ3) is 8.37. The van der Waals surface area contributed by atoms with E-state index in [4.69, 9.17) is 4.74 Å². The van der Waals surface area contributed by atoms with Crippen LogP contribution in [0.5, 0.6) is 0 Å². The van der Waals surface area contributed by atoms with Crippen LogP contribution in [0.3, 0.4) is 0 Å². The molecule has 0 aromatic carbocycles. The molecule has 0 aromatic rings. The summed E-state index contributed by atoms with van der Waals surface area (Å²) in [6.07, 6.45) is -2.51. The highest BCUT2D eigenvalue weighted by Gasteiger charge is 2.42. The number of hydrogen-bond acceptors (Lipinski definition) is 8. The van der Waals surface area contributed by atoms with Crippen LogP contribution in [0.4, 0.5) is 0 Å². The van der Waals surface area contributed by atoms with E-state index in [1.807, 2.05) is 13.8 Å². The summed E-state index contributed by atoms with van der Waals surface area (Å²) < 4.78 is 5.49. The van der Waals surface area contributed by atoms with Gasteiger partial charge < -0.3 is 40.7 Å². The third-order valence-corrected chi connectivity index (χ3v) is 5.73. The van der Waals surface area contributed by atoms with Crippen LogP contribution in [0.25, 0.3) is 0 Å². The second-order valence-electron chi connectivity index (χ2n) is 8.28. The SMILES string of the molecule is CCCCC(O)C(O)C(CCCCC1OC(CO)C(O)C(O)C1O)NC(=O)CCC. The first kappa shape index (κ1) is 27.2. The lowest BCUT2D eigenvalue weighted by Gasteiger charge is -2.40. The molecule has 1 aliphatic heterocycles. The van der Waals surface area contributed by atoms with Crippen LogP contribution in [0.1, 0.15) is 71.6 Å². The number of hydrogen-bond donors (Lipinski definition) is 7. The van der Waals surface area contributed by atoms with E-state index < -0.39 is 55.4 Å². The number of unbranched alkanes of at least 4 members (excludes halogenated alkanes) is 2. The lowest BCUT2D eigenvalue weighted by atomic mass is 9.91. The van der Waals surface area contributed by atoms with Gasteiger partial charge in [-0.15, -0.1) is 0 Å². The number of carbonyl (C=O) groups excluding carboxylic acids is 1. The zero-order valence-corrected chi connectivity index (χ0v) is 18.2. The van der Waals surface area contributed by atoms with E-state index >= 15 is 0 Å². The first-order valence-electron chi connectivity index (χ1n) is 11.2. The van der Waals surface area contributed by atoms with Crippen molar-refractivity contribution in [2.24, 2.45) is 0 Å². The average Bonchev–Trinajstić information content (AvgIpc) is 2.73. The number of nitrogens with one attached hydrogen (secondary N) is 1. The van der Waals surface area contributed by atoms with Gasteiger partial charge in [0.2, 0.25) is 5.91 Å². The van der Waals surface area contributed by atoms with Crippen molar-refractivity contribution in [2.45, 2.75) is 120 Å². The van der Waals surface area contributed by atoms with E-state index in [2.05, 4.69) is 5.32 Å². The monoisotopic (exact) mass is 435 g/mol. The summed E-state index contributed by atoms with van der Waals surface area (Å²) in [5.74, 6) is -0.168. The predicted molar refractivity (Wildman–Crippen MR) is 111 cm³/mol. The number of carbonyl (C=O) groups is 1. The molecule has 0 aromatic heterocycles. The lowest BCUT2D eigenvalue weighted by molar-refractivity contribution is -0.230. The van der Waals surface area contributed by atoms with E-state index in [1.54, 1.807) is 0 Å². The van der Waals surface area contributed by atoms with Crippen molar-refractivity contribution in [3.05, 3.63) is 0 Å². The Morgan fingerprint density at radius 1 is 0.933 bits per heavy atom. The van der Waals surface area contributed by atoms with Gasteiger partial charge in [0.25, 0.3) is 0 Å². The first-order valence-corrected chi connectivity index (χ1v) is 11.2. The van der Waals surface area contributed by atoms with E-state index in [0.717, 1.165) is 12.8 Å². The molecule has 0 aliphatic carbocycles. The van der Waals surface area contributed by atoms with Gasteiger partial charge in [0, 0.05) is 6.42 Å². The van der Waals surface area contributed by atoms with Crippen molar-refractivity contribution in [1.82, 2.24) is 5.32 Å². The zero-order chi connectivity index (χ0) is 22.7. The van der Waals surface area contributed by atoms with Crippen LogP contribution in [-0.2, 0) is 9.53 Å². The van der Waals surface area contributed by atoms with E-state index in [-0.39, 0.29) is 5.91 Å². The number of rotatable bonds is 14. The highest BCUT2D eigenvalue weighted by molar-refractivity contribution is 5.76. The Morgan fingerprint density at radius 3 is 2.20 bits per heavy atom. The molecule has 178 valence electrons. The normalized spacial score (nSPS) is 29.9.